The van der Waals surface area contributed by atoms with Crippen LogP contribution in [0, 0.1) is 11.8 Å². The number of aliphatic imine (C=N–C) groups is 1. The van der Waals surface area contributed by atoms with E-state index in [2.05, 4.69) is 165 Å². The topological polar surface area (TPSA) is 25.2 Å². The smallest absolute Gasteiger partial charge is 0.0658 e. The second-order valence-electron chi connectivity index (χ2n) is 15.0. The van der Waals surface area contributed by atoms with Crippen molar-refractivity contribution < 1.29 is 0 Å². The number of allylic oxidation sites excluding steroid dienone is 14. The lowest BCUT2D eigenvalue weighted by Gasteiger charge is -2.57. The number of fused-ring (bicyclic) bond motifs is 8. The fraction of sp³-hybridized carbons (Fsp3) is 0.143. The number of hydrogen-bond donors (Lipinski definition) is 0. The SMILES string of the molecule is CC1(c2ccc3ccccc3c2)c2ccccc2C(C2=CC=C3C=CC=CC3C2)=C2C3=CC(c4ccc(C5C=Nc6ccccc6C5)nc4)=C3C21. The zero-order valence-electron chi connectivity index (χ0n) is 28.6. The number of rotatable bonds is 4. The first-order valence-corrected chi connectivity index (χ1v) is 18.3. The third kappa shape index (κ3) is 4.17. The van der Waals surface area contributed by atoms with Crippen molar-refractivity contribution in [3.05, 3.63) is 213 Å². The van der Waals surface area contributed by atoms with E-state index < -0.39 is 0 Å². The molecule has 2 heteroatoms. The van der Waals surface area contributed by atoms with Gasteiger partial charge in [0.2, 0.25) is 0 Å². The van der Waals surface area contributed by atoms with Crippen LogP contribution in [0.15, 0.2) is 185 Å². The molecule has 11 rings (SSSR count). The first kappa shape index (κ1) is 28.9. The molecule has 6 aliphatic rings. The predicted molar refractivity (Wildman–Crippen MR) is 210 cm³/mol. The lowest BCUT2D eigenvalue weighted by atomic mass is 9.45. The van der Waals surface area contributed by atoms with Gasteiger partial charge >= 0.3 is 0 Å². The molecule has 2 heterocycles. The van der Waals surface area contributed by atoms with Crippen LogP contribution in [0.3, 0.4) is 0 Å². The molecule has 1 aliphatic heterocycles. The molecule has 242 valence electrons. The first-order chi connectivity index (χ1) is 25.1. The molecule has 0 amide bonds. The van der Waals surface area contributed by atoms with Crippen molar-refractivity contribution in [2.45, 2.75) is 31.1 Å². The number of para-hydroxylation sites is 1. The van der Waals surface area contributed by atoms with Gasteiger partial charge in [-0.3, -0.25) is 9.98 Å². The van der Waals surface area contributed by atoms with Gasteiger partial charge in [-0.05, 0) is 103 Å². The third-order valence-electron chi connectivity index (χ3n) is 12.4. The van der Waals surface area contributed by atoms with Gasteiger partial charge in [0, 0.05) is 46.8 Å². The van der Waals surface area contributed by atoms with Crippen molar-refractivity contribution in [1.82, 2.24) is 4.98 Å². The largest absolute Gasteiger partial charge is 0.260 e. The molecule has 2 nitrogen and oxygen atoms in total. The molecule has 51 heavy (non-hydrogen) atoms. The van der Waals surface area contributed by atoms with Crippen LogP contribution >= 0.6 is 0 Å². The maximum Gasteiger partial charge on any atom is 0.0658 e. The lowest BCUT2D eigenvalue weighted by Crippen LogP contribution is -2.48. The Balaban J connectivity index is 1.05. The van der Waals surface area contributed by atoms with Gasteiger partial charge in [-0.2, -0.15) is 0 Å². The number of pyridine rings is 1. The van der Waals surface area contributed by atoms with Gasteiger partial charge < -0.3 is 0 Å². The van der Waals surface area contributed by atoms with Crippen molar-refractivity contribution in [2.24, 2.45) is 16.8 Å². The van der Waals surface area contributed by atoms with E-state index in [0.717, 1.165) is 24.2 Å². The number of benzene rings is 4. The van der Waals surface area contributed by atoms with Crippen molar-refractivity contribution in [3.8, 4) is 0 Å². The molecule has 0 spiro atoms. The molecule has 0 saturated heterocycles. The zero-order chi connectivity index (χ0) is 33.7. The van der Waals surface area contributed by atoms with Gasteiger partial charge in [0.25, 0.3) is 0 Å². The first-order valence-electron chi connectivity index (χ1n) is 18.3. The Bertz CT molecular complexity index is 2600. The summed E-state index contributed by atoms with van der Waals surface area (Å²) in [6, 6.07) is 38.1. The summed E-state index contributed by atoms with van der Waals surface area (Å²) in [4.78, 5) is 9.82. The van der Waals surface area contributed by atoms with Gasteiger partial charge in [-0.25, -0.2) is 0 Å². The van der Waals surface area contributed by atoms with Crippen LogP contribution in [0.25, 0.3) is 21.9 Å². The summed E-state index contributed by atoms with van der Waals surface area (Å²) in [5.74, 6) is 0.864. The minimum Gasteiger partial charge on any atom is -0.260 e. The highest BCUT2D eigenvalue weighted by molar-refractivity contribution is 6.04. The summed E-state index contributed by atoms with van der Waals surface area (Å²) in [5.41, 5.74) is 18.7. The van der Waals surface area contributed by atoms with Gasteiger partial charge in [-0.1, -0.05) is 134 Å². The highest BCUT2D eigenvalue weighted by Crippen LogP contribution is 2.69. The molecule has 1 aromatic heterocycles. The van der Waals surface area contributed by atoms with Crippen LogP contribution in [-0.2, 0) is 11.8 Å². The molecular weight excluding hydrogens is 617 g/mol. The molecule has 4 aromatic carbocycles. The van der Waals surface area contributed by atoms with E-state index >= 15 is 0 Å². The summed E-state index contributed by atoms with van der Waals surface area (Å²) in [5, 5.41) is 2.58. The Morgan fingerprint density at radius 2 is 1.61 bits per heavy atom. The van der Waals surface area contributed by atoms with Crippen molar-refractivity contribution >= 4 is 33.8 Å². The molecular formula is C49H36N2. The fourth-order valence-electron chi connectivity index (χ4n) is 9.74. The lowest BCUT2D eigenvalue weighted by molar-refractivity contribution is 0.414. The van der Waals surface area contributed by atoms with Crippen LogP contribution in [-0.4, -0.2) is 11.2 Å². The van der Waals surface area contributed by atoms with Crippen molar-refractivity contribution in [2.75, 3.05) is 0 Å². The van der Waals surface area contributed by atoms with E-state index in [9.17, 15) is 0 Å². The van der Waals surface area contributed by atoms with Crippen molar-refractivity contribution in [1.29, 1.82) is 0 Å². The Morgan fingerprint density at radius 3 is 2.53 bits per heavy atom. The average molecular weight is 653 g/mol. The van der Waals surface area contributed by atoms with E-state index in [1.165, 1.54) is 77.6 Å². The fourth-order valence-corrected chi connectivity index (χ4v) is 9.74. The van der Waals surface area contributed by atoms with Gasteiger partial charge in [0.05, 0.1) is 5.69 Å². The van der Waals surface area contributed by atoms with E-state index in [1.54, 1.807) is 0 Å². The minimum atomic E-state index is -0.235. The second-order valence-corrected chi connectivity index (χ2v) is 15.0. The highest BCUT2D eigenvalue weighted by atomic mass is 14.8. The van der Waals surface area contributed by atoms with Gasteiger partial charge in [-0.15, -0.1) is 0 Å². The highest BCUT2D eigenvalue weighted by Gasteiger charge is 2.57. The quantitative estimate of drug-likeness (QED) is 0.190. The minimum absolute atomic E-state index is 0.193. The van der Waals surface area contributed by atoms with Gasteiger partial charge in [0.15, 0.2) is 0 Å². The van der Waals surface area contributed by atoms with Crippen LogP contribution in [0.2, 0.25) is 0 Å². The van der Waals surface area contributed by atoms with E-state index in [0.29, 0.717) is 5.92 Å². The molecule has 1 fully saturated rings. The Kier molecular flexibility index (Phi) is 6.14. The predicted octanol–water partition coefficient (Wildman–Crippen LogP) is 11.4. The van der Waals surface area contributed by atoms with E-state index in [1.807, 2.05) is 0 Å². The molecule has 0 bridgehead atoms. The zero-order valence-corrected chi connectivity index (χ0v) is 28.6. The molecule has 5 aromatic rings. The van der Waals surface area contributed by atoms with Crippen LogP contribution in [0.5, 0.6) is 0 Å². The molecule has 5 aliphatic carbocycles. The summed E-state index contributed by atoms with van der Waals surface area (Å²) < 4.78 is 0. The molecule has 0 radical (unpaired) electrons. The summed E-state index contributed by atoms with van der Waals surface area (Å²) in [7, 11) is 0. The summed E-state index contributed by atoms with van der Waals surface area (Å²) in [6.07, 6.45) is 22.4. The number of nitrogens with zero attached hydrogens (tertiary/aromatic N) is 2. The molecule has 0 N–H and O–H groups in total. The monoisotopic (exact) mass is 652 g/mol. The normalized spacial score (nSPS) is 25.0. The molecule has 1 saturated carbocycles. The maximum atomic E-state index is 5.06. The molecule has 4 atom stereocenters. The van der Waals surface area contributed by atoms with Crippen LogP contribution in [0.1, 0.15) is 52.8 Å². The summed E-state index contributed by atoms with van der Waals surface area (Å²) in [6.45, 7) is 2.50. The van der Waals surface area contributed by atoms with Crippen molar-refractivity contribution in [3.63, 3.8) is 0 Å². The van der Waals surface area contributed by atoms with Gasteiger partial charge in [0.1, 0.15) is 0 Å². The molecule has 4 unspecified atom stereocenters. The standard InChI is InChI=1S/C49H36N2/c1-49(38-22-20-31-11-3-5-13-33(31)26-38)42-16-8-7-15-39(42)45(35-19-18-30-10-2-4-12-32(30)24-35)47-41-27-40(46(41)48(47)49)36-21-23-44(50-28-36)37-25-34-14-6-9-17-43(34)51-29-37/h2-23,26-29,32,37,48H,24-25H2,1H3. The maximum absolute atomic E-state index is 5.06. The Hall–Kier alpha value is -5.86. The van der Waals surface area contributed by atoms with Crippen LogP contribution < -0.4 is 0 Å². The third-order valence-corrected chi connectivity index (χ3v) is 12.4. The summed E-state index contributed by atoms with van der Waals surface area (Å²) >= 11 is 0. The van der Waals surface area contributed by atoms with Crippen LogP contribution in [0.4, 0.5) is 5.69 Å². The Labute approximate surface area is 299 Å². The van der Waals surface area contributed by atoms with E-state index in [-0.39, 0.29) is 17.3 Å². The van der Waals surface area contributed by atoms with E-state index in [4.69, 9.17) is 9.98 Å². The second kappa shape index (κ2) is 10.8. The average Bonchev–Trinajstić information content (AvgIpc) is 3.18. The number of hydrogen-bond acceptors (Lipinski definition) is 2. The number of aromatic nitrogens is 1. The Morgan fingerprint density at radius 1 is 0.745 bits per heavy atom.